The predicted octanol–water partition coefficient (Wildman–Crippen LogP) is 2.55. The van der Waals surface area contributed by atoms with E-state index in [4.69, 9.17) is 5.73 Å². The molecule has 1 aromatic rings. The number of nitrogens with two attached hydrogens (primary N) is 1. The molecule has 0 unspecified atom stereocenters. The second-order valence-corrected chi connectivity index (χ2v) is 7.79. The third kappa shape index (κ3) is 3.59. The number of nitrogens with one attached hydrogen (secondary N) is 1. The number of aryl methyl sites for hydroxylation is 2. The van der Waals surface area contributed by atoms with Crippen LogP contribution in [0.3, 0.4) is 0 Å². The molecule has 25 heavy (non-hydrogen) atoms. The highest BCUT2D eigenvalue weighted by Crippen LogP contribution is 2.29. The Morgan fingerprint density at radius 1 is 1.08 bits per heavy atom. The molecular formula is C21H29N3O. The fourth-order valence-electron chi connectivity index (χ4n) is 4.67. The number of benzene rings is 1. The number of piperidine rings is 1. The first-order chi connectivity index (χ1) is 12.2. The van der Waals surface area contributed by atoms with E-state index in [1.165, 1.54) is 24.9 Å². The normalized spacial score (nSPS) is 26.6. The van der Waals surface area contributed by atoms with Crippen LogP contribution in [0.15, 0.2) is 30.4 Å². The number of primary amides is 1. The summed E-state index contributed by atoms with van der Waals surface area (Å²) in [6.45, 7) is 2.17. The molecule has 0 bridgehead atoms. The van der Waals surface area contributed by atoms with Crippen LogP contribution in [0, 0.1) is 5.92 Å². The molecule has 4 nitrogen and oxygen atoms in total. The number of anilines is 1. The maximum absolute atomic E-state index is 11.7. The lowest BCUT2D eigenvalue weighted by Gasteiger charge is -2.37. The smallest absolute Gasteiger partial charge is 0.222 e. The van der Waals surface area contributed by atoms with Crippen LogP contribution < -0.4 is 16.0 Å². The monoisotopic (exact) mass is 339 g/mol. The lowest BCUT2D eigenvalue weighted by molar-refractivity contribution is -0.122. The highest BCUT2D eigenvalue weighted by molar-refractivity contribution is 5.77. The van der Waals surface area contributed by atoms with Crippen LogP contribution in [-0.2, 0) is 17.6 Å². The summed E-state index contributed by atoms with van der Waals surface area (Å²) in [6.07, 6.45) is 12.0. The van der Waals surface area contributed by atoms with Gasteiger partial charge in [0.25, 0.3) is 0 Å². The molecule has 0 radical (unpaired) electrons. The quantitative estimate of drug-likeness (QED) is 0.829. The third-order valence-electron chi connectivity index (χ3n) is 6.19. The van der Waals surface area contributed by atoms with E-state index in [2.05, 4.69) is 40.6 Å². The lowest BCUT2D eigenvalue weighted by atomic mass is 9.87. The molecule has 0 aromatic heterocycles. The second kappa shape index (κ2) is 7.20. The summed E-state index contributed by atoms with van der Waals surface area (Å²) in [7, 11) is 0. The minimum Gasteiger partial charge on any atom is -0.371 e. The molecule has 0 saturated carbocycles. The first-order valence-electron chi connectivity index (χ1n) is 9.78. The molecule has 1 aliphatic heterocycles. The first-order valence-corrected chi connectivity index (χ1v) is 9.78. The Morgan fingerprint density at radius 2 is 1.84 bits per heavy atom. The van der Waals surface area contributed by atoms with Crippen LogP contribution >= 0.6 is 0 Å². The van der Waals surface area contributed by atoms with E-state index in [1.54, 1.807) is 11.1 Å². The minimum atomic E-state index is -0.169. The van der Waals surface area contributed by atoms with Gasteiger partial charge in [-0.05, 0) is 68.2 Å². The van der Waals surface area contributed by atoms with Crippen LogP contribution in [0.4, 0.5) is 5.69 Å². The zero-order chi connectivity index (χ0) is 17.2. The standard InChI is InChI=1S/C21H29N3O/c22-21(25)19-6-1-2-7-20(19)23-17-10-12-24(13-11-17)18-9-8-15-4-3-5-16(15)14-18/h1-2,8-9,14,17,19-20,23H,3-7,10-13H2,(H2,22,25)/t19-,20-/m1/s1. The summed E-state index contributed by atoms with van der Waals surface area (Å²) >= 11 is 0. The topological polar surface area (TPSA) is 58.4 Å². The number of hydrogen-bond donors (Lipinski definition) is 2. The Labute approximate surface area is 150 Å². The Kier molecular flexibility index (Phi) is 4.80. The number of carbonyl (C=O) groups is 1. The highest BCUT2D eigenvalue weighted by Gasteiger charge is 2.30. The van der Waals surface area contributed by atoms with Gasteiger partial charge in [0.15, 0.2) is 0 Å². The number of hydrogen-bond acceptors (Lipinski definition) is 3. The van der Waals surface area contributed by atoms with Crippen molar-refractivity contribution in [3.05, 3.63) is 41.5 Å². The van der Waals surface area contributed by atoms with Crippen molar-refractivity contribution in [1.29, 1.82) is 0 Å². The summed E-state index contributed by atoms with van der Waals surface area (Å²) in [5, 5.41) is 3.72. The zero-order valence-electron chi connectivity index (χ0n) is 14.9. The minimum absolute atomic E-state index is 0.0558. The number of amides is 1. The van der Waals surface area contributed by atoms with Gasteiger partial charge in [0, 0.05) is 30.9 Å². The Morgan fingerprint density at radius 3 is 2.64 bits per heavy atom. The molecule has 3 N–H and O–H groups in total. The Bertz CT molecular complexity index is 661. The number of carbonyl (C=O) groups excluding carboxylic acids is 1. The van der Waals surface area contributed by atoms with Gasteiger partial charge in [-0.1, -0.05) is 18.2 Å². The summed E-state index contributed by atoms with van der Waals surface area (Å²) < 4.78 is 0. The predicted molar refractivity (Wildman–Crippen MR) is 102 cm³/mol. The molecular weight excluding hydrogens is 310 g/mol. The summed E-state index contributed by atoms with van der Waals surface area (Å²) in [4.78, 5) is 14.2. The molecule has 1 amide bonds. The Hall–Kier alpha value is -1.81. The van der Waals surface area contributed by atoms with Gasteiger partial charge in [-0.25, -0.2) is 0 Å². The van der Waals surface area contributed by atoms with Crippen molar-refractivity contribution in [2.24, 2.45) is 11.7 Å². The van der Waals surface area contributed by atoms with Gasteiger partial charge in [-0.15, -0.1) is 0 Å². The van der Waals surface area contributed by atoms with Gasteiger partial charge in [0.05, 0.1) is 5.92 Å². The first kappa shape index (κ1) is 16.6. The third-order valence-corrected chi connectivity index (χ3v) is 6.19. The van der Waals surface area contributed by atoms with E-state index in [1.807, 2.05) is 0 Å². The van der Waals surface area contributed by atoms with E-state index in [0.29, 0.717) is 6.04 Å². The molecule has 2 aliphatic carbocycles. The second-order valence-electron chi connectivity index (χ2n) is 7.79. The largest absolute Gasteiger partial charge is 0.371 e. The molecule has 4 heteroatoms. The summed E-state index contributed by atoms with van der Waals surface area (Å²) in [5.41, 5.74) is 10.1. The van der Waals surface area contributed by atoms with Gasteiger partial charge in [-0.3, -0.25) is 4.79 Å². The van der Waals surface area contributed by atoms with E-state index in [9.17, 15) is 4.79 Å². The van der Waals surface area contributed by atoms with Crippen molar-refractivity contribution < 1.29 is 4.79 Å². The van der Waals surface area contributed by atoms with E-state index in [-0.39, 0.29) is 17.9 Å². The van der Waals surface area contributed by atoms with Gasteiger partial charge < -0.3 is 16.0 Å². The summed E-state index contributed by atoms with van der Waals surface area (Å²) in [5.74, 6) is -0.225. The van der Waals surface area contributed by atoms with Crippen molar-refractivity contribution in [1.82, 2.24) is 5.32 Å². The van der Waals surface area contributed by atoms with E-state index >= 15 is 0 Å². The maximum atomic E-state index is 11.7. The molecule has 0 spiro atoms. The fraction of sp³-hybridized carbons (Fsp3) is 0.571. The van der Waals surface area contributed by atoms with Crippen LogP contribution in [0.25, 0.3) is 0 Å². The maximum Gasteiger partial charge on any atom is 0.222 e. The molecule has 1 fully saturated rings. The molecule has 4 rings (SSSR count). The molecule has 1 heterocycles. The molecule has 1 saturated heterocycles. The van der Waals surface area contributed by atoms with Gasteiger partial charge in [0.2, 0.25) is 5.91 Å². The molecule has 3 aliphatic rings. The lowest BCUT2D eigenvalue weighted by Crippen LogP contribution is -2.51. The van der Waals surface area contributed by atoms with E-state index in [0.717, 1.165) is 38.8 Å². The highest BCUT2D eigenvalue weighted by atomic mass is 16.1. The van der Waals surface area contributed by atoms with Gasteiger partial charge in [-0.2, -0.15) is 0 Å². The SMILES string of the molecule is NC(=O)[C@@H]1CC=CC[C@H]1NC1CCN(c2ccc3c(c2)CCC3)CC1. The summed E-state index contributed by atoms with van der Waals surface area (Å²) in [6, 6.07) is 7.73. The number of fused-ring (bicyclic) bond motifs is 1. The van der Waals surface area contributed by atoms with Gasteiger partial charge >= 0.3 is 0 Å². The molecule has 1 aromatic carbocycles. The molecule has 2 atom stereocenters. The van der Waals surface area contributed by atoms with Crippen molar-refractivity contribution in [2.45, 2.75) is 57.0 Å². The molecule has 134 valence electrons. The number of rotatable bonds is 4. The number of allylic oxidation sites excluding steroid dienone is 1. The average Bonchev–Trinajstić information content (AvgIpc) is 3.10. The van der Waals surface area contributed by atoms with Crippen LogP contribution in [-0.4, -0.2) is 31.1 Å². The van der Waals surface area contributed by atoms with Crippen molar-refractivity contribution >= 4 is 11.6 Å². The van der Waals surface area contributed by atoms with Crippen molar-refractivity contribution in [2.75, 3.05) is 18.0 Å². The van der Waals surface area contributed by atoms with Crippen molar-refractivity contribution in [3.63, 3.8) is 0 Å². The van der Waals surface area contributed by atoms with E-state index < -0.39 is 0 Å². The van der Waals surface area contributed by atoms with Crippen LogP contribution in [0.1, 0.15) is 43.2 Å². The van der Waals surface area contributed by atoms with Gasteiger partial charge in [0.1, 0.15) is 0 Å². The number of nitrogens with zero attached hydrogens (tertiary/aromatic N) is 1. The average molecular weight is 339 g/mol. The van der Waals surface area contributed by atoms with Crippen LogP contribution in [0.5, 0.6) is 0 Å². The zero-order valence-corrected chi connectivity index (χ0v) is 14.9. The van der Waals surface area contributed by atoms with Crippen LogP contribution in [0.2, 0.25) is 0 Å². The Balaban J connectivity index is 1.34. The van der Waals surface area contributed by atoms with Crippen molar-refractivity contribution in [3.8, 4) is 0 Å². The fourth-order valence-corrected chi connectivity index (χ4v) is 4.67.